The van der Waals surface area contributed by atoms with Crippen LogP contribution in [0.1, 0.15) is 22.2 Å². The normalized spacial score (nSPS) is 10.7. The minimum atomic E-state index is -0.975. The largest absolute Gasteiger partial charge is 0.477 e. The first-order chi connectivity index (χ1) is 8.95. The standard InChI is InChI=1S/C13H11Br2NO2S/c1-2-7-10(16)12(13(17)18)19-11(7)8-4-3-6(14)5-9(8)15/h3-5H,2,16H2,1H3,(H,17,18). The number of aromatic carboxylic acids is 1. The third-order valence-electron chi connectivity index (χ3n) is 2.77. The Hall–Kier alpha value is -0.850. The Morgan fingerprint density at radius 3 is 2.63 bits per heavy atom. The number of benzene rings is 1. The molecule has 0 atom stereocenters. The number of carboxylic acid groups (broad SMARTS) is 1. The van der Waals surface area contributed by atoms with Crippen LogP contribution in [-0.4, -0.2) is 11.1 Å². The summed E-state index contributed by atoms with van der Waals surface area (Å²) in [6.45, 7) is 1.97. The number of nitrogen functional groups attached to an aromatic ring is 1. The predicted molar refractivity (Wildman–Crippen MR) is 85.9 cm³/mol. The average molecular weight is 405 g/mol. The summed E-state index contributed by atoms with van der Waals surface area (Å²) < 4.78 is 1.87. The minimum absolute atomic E-state index is 0.210. The maximum Gasteiger partial charge on any atom is 0.348 e. The van der Waals surface area contributed by atoms with Crippen LogP contribution in [0.15, 0.2) is 27.1 Å². The van der Waals surface area contributed by atoms with Gasteiger partial charge in [-0.05, 0) is 24.1 Å². The molecule has 6 heteroatoms. The Morgan fingerprint density at radius 2 is 2.11 bits per heavy atom. The molecule has 0 aliphatic heterocycles. The molecule has 0 amide bonds. The van der Waals surface area contributed by atoms with E-state index in [0.29, 0.717) is 12.1 Å². The summed E-state index contributed by atoms with van der Waals surface area (Å²) in [5.74, 6) is -0.975. The van der Waals surface area contributed by atoms with Crippen molar-refractivity contribution in [1.29, 1.82) is 0 Å². The topological polar surface area (TPSA) is 63.3 Å². The third-order valence-corrected chi connectivity index (χ3v) is 5.19. The molecule has 0 aliphatic carbocycles. The molecular weight excluding hydrogens is 394 g/mol. The molecule has 0 spiro atoms. The van der Waals surface area contributed by atoms with E-state index < -0.39 is 5.97 Å². The number of thiophene rings is 1. The van der Waals surface area contributed by atoms with Crippen LogP contribution < -0.4 is 5.73 Å². The van der Waals surface area contributed by atoms with E-state index >= 15 is 0 Å². The molecule has 0 saturated heterocycles. The first-order valence-electron chi connectivity index (χ1n) is 5.55. The molecule has 3 N–H and O–H groups in total. The van der Waals surface area contributed by atoms with Crippen LogP contribution in [0, 0.1) is 0 Å². The maximum atomic E-state index is 11.2. The van der Waals surface area contributed by atoms with Gasteiger partial charge in [-0.2, -0.15) is 0 Å². The van der Waals surface area contributed by atoms with E-state index in [1.54, 1.807) is 0 Å². The van der Waals surface area contributed by atoms with Gasteiger partial charge in [0.05, 0.1) is 5.69 Å². The van der Waals surface area contributed by atoms with E-state index in [0.717, 1.165) is 24.9 Å². The van der Waals surface area contributed by atoms with Gasteiger partial charge in [0.1, 0.15) is 4.88 Å². The van der Waals surface area contributed by atoms with Crippen molar-refractivity contribution in [2.45, 2.75) is 13.3 Å². The van der Waals surface area contributed by atoms with Crippen LogP contribution in [0.4, 0.5) is 5.69 Å². The highest BCUT2D eigenvalue weighted by Gasteiger charge is 2.21. The number of halogens is 2. The van der Waals surface area contributed by atoms with Crippen molar-refractivity contribution in [2.75, 3.05) is 5.73 Å². The zero-order valence-electron chi connectivity index (χ0n) is 10.0. The third kappa shape index (κ3) is 2.70. The number of anilines is 1. The molecule has 1 heterocycles. The van der Waals surface area contributed by atoms with Crippen molar-refractivity contribution in [3.8, 4) is 10.4 Å². The fourth-order valence-corrected chi connectivity index (χ4v) is 4.45. The predicted octanol–water partition coefficient (Wildman–Crippen LogP) is 4.78. The molecule has 2 rings (SSSR count). The van der Waals surface area contributed by atoms with Gasteiger partial charge < -0.3 is 10.8 Å². The highest BCUT2D eigenvalue weighted by atomic mass is 79.9. The molecule has 1 aromatic heterocycles. The zero-order chi connectivity index (χ0) is 14.2. The zero-order valence-corrected chi connectivity index (χ0v) is 14.0. The lowest BCUT2D eigenvalue weighted by Gasteiger charge is -2.06. The Labute approximate surface area is 131 Å². The van der Waals surface area contributed by atoms with Gasteiger partial charge >= 0.3 is 5.97 Å². The number of carbonyl (C=O) groups is 1. The Bertz CT molecular complexity index is 652. The van der Waals surface area contributed by atoms with Gasteiger partial charge in [0.15, 0.2) is 0 Å². The number of hydrogen-bond acceptors (Lipinski definition) is 3. The number of hydrogen-bond donors (Lipinski definition) is 2. The number of rotatable bonds is 3. The quantitative estimate of drug-likeness (QED) is 0.773. The summed E-state index contributed by atoms with van der Waals surface area (Å²) in [5.41, 5.74) is 8.17. The molecule has 100 valence electrons. The molecule has 19 heavy (non-hydrogen) atoms. The fourth-order valence-electron chi connectivity index (χ4n) is 1.88. The van der Waals surface area contributed by atoms with E-state index in [1.165, 1.54) is 11.3 Å². The van der Waals surface area contributed by atoms with Crippen molar-refractivity contribution in [1.82, 2.24) is 0 Å². The second kappa shape index (κ2) is 5.64. The molecule has 2 aromatic rings. The second-order valence-electron chi connectivity index (χ2n) is 3.94. The summed E-state index contributed by atoms with van der Waals surface area (Å²) in [6.07, 6.45) is 0.702. The second-order valence-corrected chi connectivity index (χ2v) is 6.73. The number of carboxylic acids is 1. The molecule has 0 fully saturated rings. The van der Waals surface area contributed by atoms with Gasteiger partial charge in [-0.15, -0.1) is 11.3 Å². The molecule has 0 saturated carbocycles. The molecule has 0 bridgehead atoms. The first kappa shape index (κ1) is 14.6. The fraction of sp³-hybridized carbons (Fsp3) is 0.154. The van der Waals surface area contributed by atoms with Crippen LogP contribution >= 0.6 is 43.2 Å². The van der Waals surface area contributed by atoms with Crippen LogP contribution in [0.3, 0.4) is 0 Å². The summed E-state index contributed by atoms with van der Waals surface area (Å²) in [6, 6.07) is 5.81. The van der Waals surface area contributed by atoms with E-state index in [9.17, 15) is 9.90 Å². The highest BCUT2D eigenvalue weighted by molar-refractivity contribution is 9.11. The summed E-state index contributed by atoms with van der Waals surface area (Å²) >= 11 is 8.13. The Balaban J connectivity index is 2.68. The number of nitrogens with two attached hydrogens (primary N) is 1. The van der Waals surface area contributed by atoms with Gasteiger partial charge in [-0.1, -0.05) is 44.8 Å². The van der Waals surface area contributed by atoms with Gasteiger partial charge in [0.2, 0.25) is 0 Å². The summed E-state index contributed by atoms with van der Waals surface area (Å²) in [7, 11) is 0. The molecule has 0 unspecified atom stereocenters. The lowest BCUT2D eigenvalue weighted by atomic mass is 10.1. The van der Waals surface area contributed by atoms with Crippen molar-refractivity contribution in [3.63, 3.8) is 0 Å². The van der Waals surface area contributed by atoms with Gasteiger partial charge in [0, 0.05) is 19.4 Å². The van der Waals surface area contributed by atoms with Crippen LogP contribution in [0.25, 0.3) is 10.4 Å². The Kier molecular flexibility index (Phi) is 4.32. The lowest BCUT2D eigenvalue weighted by Crippen LogP contribution is -1.99. The van der Waals surface area contributed by atoms with E-state index in [1.807, 2.05) is 25.1 Å². The molecule has 0 radical (unpaired) electrons. The highest BCUT2D eigenvalue weighted by Crippen LogP contribution is 2.42. The molecule has 3 nitrogen and oxygen atoms in total. The summed E-state index contributed by atoms with van der Waals surface area (Å²) in [5, 5.41) is 9.17. The van der Waals surface area contributed by atoms with Gasteiger partial charge in [-0.3, -0.25) is 0 Å². The van der Waals surface area contributed by atoms with E-state index in [2.05, 4.69) is 31.9 Å². The SMILES string of the molecule is CCc1c(-c2ccc(Br)cc2Br)sc(C(=O)O)c1N. The molecular formula is C13H11Br2NO2S. The van der Waals surface area contributed by atoms with E-state index in [4.69, 9.17) is 5.73 Å². The molecule has 1 aromatic carbocycles. The van der Waals surface area contributed by atoms with Gasteiger partial charge in [-0.25, -0.2) is 4.79 Å². The van der Waals surface area contributed by atoms with Crippen LogP contribution in [0.5, 0.6) is 0 Å². The first-order valence-corrected chi connectivity index (χ1v) is 7.95. The van der Waals surface area contributed by atoms with Crippen LogP contribution in [0.2, 0.25) is 0 Å². The Morgan fingerprint density at radius 1 is 1.42 bits per heavy atom. The van der Waals surface area contributed by atoms with Crippen LogP contribution in [-0.2, 0) is 6.42 Å². The van der Waals surface area contributed by atoms with Crippen molar-refractivity contribution < 1.29 is 9.90 Å². The smallest absolute Gasteiger partial charge is 0.348 e. The van der Waals surface area contributed by atoms with E-state index in [-0.39, 0.29) is 4.88 Å². The molecule has 0 aliphatic rings. The van der Waals surface area contributed by atoms with Crippen molar-refractivity contribution in [2.24, 2.45) is 0 Å². The monoisotopic (exact) mass is 403 g/mol. The minimum Gasteiger partial charge on any atom is -0.477 e. The lowest BCUT2D eigenvalue weighted by molar-refractivity contribution is 0.0703. The van der Waals surface area contributed by atoms with Crippen molar-refractivity contribution in [3.05, 3.63) is 37.6 Å². The average Bonchev–Trinajstić information content (AvgIpc) is 2.66. The summed E-state index contributed by atoms with van der Waals surface area (Å²) in [4.78, 5) is 12.3. The van der Waals surface area contributed by atoms with Crippen molar-refractivity contribution >= 4 is 54.9 Å². The maximum absolute atomic E-state index is 11.2. The van der Waals surface area contributed by atoms with Gasteiger partial charge in [0.25, 0.3) is 0 Å².